The molecule has 5 unspecified atom stereocenters. The number of ether oxygens (including phenoxy) is 4. The van der Waals surface area contributed by atoms with Crippen LogP contribution in [-0.2, 0) is 23.7 Å². The first-order chi connectivity index (χ1) is 12.8. The van der Waals surface area contributed by atoms with Gasteiger partial charge in [-0.2, -0.15) is 0 Å². The van der Waals surface area contributed by atoms with Crippen molar-refractivity contribution in [3.8, 4) is 0 Å². The largest absolute Gasteiger partial charge is 0.377 e. The molecule has 5 rings (SSSR count). The molecular formula is C20H33NO5. The first-order valence-corrected chi connectivity index (χ1v) is 10.4. The van der Waals surface area contributed by atoms with Gasteiger partial charge in [-0.15, -0.1) is 0 Å². The molecule has 5 atom stereocenters. The van der Waals surface area contributed by atoms with Gasteiger partial charge in [-0.25, -0.2) is 0 Å². The lowest BCUT2D eigenvalue weighted by molar-refractivity contribution is -0.141. The monoisotopic (exact) mass is 367 g/mol. The Morgan fingerprint density at radius 2 is 1.19 bits per heavy atom. The van der Waals surface area contributed by atoms with Crippen molar-refractivity contribution in [3.63, 3.8) is 0 Å². The Kier molecular flexibility index (Phi) is 6.46. The van der Waals surface area contributed by atoms with Gasteiger partial charge >= 0.3 is 0 Å². The highest BCUT2D eigenvalue weighted by Gasteiger charge is 2.56. The number of hydrogen-bond acceptors (Lipinski definition) is 5. The Labute approximate surface area is 156 Å². The molecule has 1 saturated heterocycles. The second kappa shape index (κ2) is 9.00. The van der Waals surface area contributed by atoms with Crippen LogP contribution in [0.2, 0.25) is 0 Å². The van der Waals surface area contributed by atoms with Crippen molar-refractivity contribution in [1.82, 2.24) is 4.90 Å². The Bertz CT molecular complexity index is 453. The van der Waals surface area contributed by atoms with Gasteiger partial charge in [0, 0.05) is 19.0 Å². The minimum atomic E-state index is 0.257. The van der Waals surface area contributed by atoms with Gasteiger partial charge in [0.25, 0.3) is 0 Å². The Morgan fingerprint density at radius 1 is 0.654 bits per heavy atom. The van der Waals surface area contributed by atoms with E-state index >= 15 is 0 Å². The molecule has 0 radical (unpaired) electrons. The average molecular weight is 367 g/mol. The Morgan fingerprint density at radius 3 is 1.77 bits per heavy atom. The fraction of sp³-hybridized carbons (Fsp3) is 0.950. The van der Waals surface area contributed by atoms with E-state index in [1.807, 2.05) is 4.90 Å². The lowest BCUT2D eigenvalue weighted by Gasteiger charge is -2.35. The van der Waals surface area contributed by atoms with E-state index in [1.165, 1.54) is 25.7 Å². The molecule has 1 heterocycles. The predicted molar refractivity (Wildman–Crippen MR) is 95.8 cm³/mol. The molecule has 6 nitrogen and oxygen atoms in total. The van der Waals surface area contributed by atoms with Crippen LogP contribution >= 0.6 is 0 Å². The van der Waals surface area contributed by atoms with Gasteiger partial charge in [-0.3, -0.25) is 4.79 Å². The minimum Gasteiger partial charge on any atom is -0.377 e. The lowest BCUT2D eigenvalue weighted by atomic mass is 9.75. The number of nitrogens with zero attached hydrogens (tertiary/aromatic N) is 1. The topological polar surface area (TPSA) is 57.2 Å². The van der Waals surface area contributed by atoms with Crippen molar-refractivity contribution in [2.45, 2.75) is 25.7 Å². The van der Waals surface area contributed by atoms with Crippen molar-refractivity contribution < 1.29 is 23.7 Å². The van der Waals surface area contributed by atoms with Crippen molar-refractivity contribution >= 4 is 5.91 Å². The van der Waals surface area contributed by atoms with Gasteiger partial charge in [0.05, 0.1) is 52.9 Å². The molecule has 1 amide bonds. The molecule has 0 aromatic carbocycles. The Hall–Kier alpha value is -0.690. The van der Waals surface area contributed by atoms with Gasteiger partial charge in [0.1, 0.15) is 0 Å². The number of amides is 1. The van der Waals surface area contributed by atoms with Gasteiger partial charge in [0.2, 0.25) is 5.91 Å². The quantitative estimate of drug-likeness (QED) is 0.704. The van der Waals surface area contributed by atoms with Crippen LogP contribution < -0.4 is 0 Å². The third-order valence-electron chi connectivity index (χ3n) is 6.78. The van der Waals surface area contributed by atoms with Crippen molar-refractivity contribution in [2.24, 2.45) is 29.6 Å². The van der Waals surface area contributed by atoms with E-state index in [-0.39, 0.29) is 5.92 Å². The van der Waals surface area contributed by atoms with Crippen LogP contribution in [0.1, 0.15) is 25.7 Å². The summed E-state index contributed by atoms with van der Waals surface area (Å²) in [5, 5.41) is 0. The first-order valence-electron chi connectivity index (χ1n) is 10.4. The average Bonchev–Trinajstić information content (AvgIpc) is 3.05. The maximum absolute atomic E-state index is 13.3. The van der Waals surface area contributed by atoms with Crippen LogP contribution in [0.5, 0.6) is 0 Å². The van der Waals surface area contributed by atoms with Crippen LogP contribution in [0.15, 0.2) is 0 Å². The fourth-order valence-corrected chi connectivity index (χ4v) is 5.77. The summed E-state index contributed by atoms with van der Waals surface area (Å²) in [6.07, 6.45) is 5.22. The minimum absolute atomic E-state index is 0.257. The molecule has 26 heavy (non-hydrogen) atoms. The summed E-state index contributed by atoms with van der Waals surface area (Å²) in [6, 6.07) is 0. The van der Waals surface area contributed by atoms with E-state index in [4.69, 9.17) is 18.9 Å². The van der Waals surface area contributed by atoms with E-state index in [9.17, 15) is 4.79 Å². The molecule has 1 aliphatic heterocycles. The van der Waals surface area contributed by atoms with E-state index < -0.39 is 0 Å². The van der Waals surface area contributed by atoms with Gasteiger partial charge in [0.15, 0.2) is 0 Å². The molecule has 0 N–H and O–H groups in total. The molecule has 0 aromatic rings. The van der Waals surface area contributed by atoms with E-state index in [0.717, 1.165) is 11.8 Å². The summed E-state index contributed by atoms with van der Waals surface area (Å²) in [6.45, 7) is 5.90. The highest BCUT2D eigenvalue weighted by atomic mass is 16.6. The summed E-state index contributed by atoms with van der Waals surface area (Å²) >= 11 is 0. The number of hydrogen-bond donors (Lipinski definition) is 0. The zero-order chi connectivity index (χ0) is 17.8. The molecule has 6 heteroatoms. The van der Waals surface area contributed by atoms with E-state index in [2.05, 4.69) is 0 Å². The highest BCUT2D eigenvalue weighted by Crippen LogP contribution is 2.61. The lowest BCUT2D eigenvalue weighted by Crippen LogP contribution is -2.44. The fourth-order valence-electron chi connectivity index (χ4n) is 5.77. The predicted octanol–water partition coefficient (Wildman–Crippen LogP) is 1.58. The molecule has 0 spiro atoms. The van der Waals surface area contributed by atoms with Crippen LogP contribution in [0, 0.1) is 29.6 Å². The van der Waals surface area contributed by atoms with Crippen molar-refractivity contribution in [3.05, 3.63) is 0 Å². The van der Waals surface area contributed by atoms with Crippen LogP contribution in [0.3, 0.4) is 0 Å². The normalized spacial score (nSPS) is 39.5. The second-order valence-electron chi connectivity index (χ2n) is 8.29. The maximum atomic E-state index is 13.3. The number of carbonyl (C=O) groups is 1. The summed E-state index contributed by atoms with van der Waals surface area (Å²) in [5.41, 5.74) is 0. The molecular weight excluding hydrogens is 334 g/mol. The molecule has 0 aromatic heterocycles. The van der Waals surface area contributed by atoms with Crippen LogP contribution in [-0.4, -0.2) is 76.8 Å². The third-order valence-corrected chi connectivity index (χ3v) is 6.78. The number of rotatable bonds is 1. The van der Waals surface area contributed by atoms with Gasteiger partial charge < -0.3 is 23.8 Å². The summed E-state index contributed by atoms with van der Waals surface area (Å²) in [5.74, 6) is 3.61. The smallest absolute Gasteiger partial charge is 0.226 e. The standard InChI is InChI=1S/C20H33NO5/c22-20(19-17-12-15-11-16(14-17)18(19)13-15)21-1-3-23-5-7-25-9-10-26-8-6-24-4-2-21/h15-19H,1-14H2. The van der Waals surface area contributed by atoms with Gasteiger partial charge in [-0.05, 0) is 49.4 Å². The first kappa shape index (κ1) is 18.7. The molecule has 4 bridgehead atoms. The Balaban J connectivity index is 1.33. The van der Waals surface area contributed by atoms with Crippen LogP contribution in [0.4, 0.5) is 0 Å². The van der Waals surface area contributed by atoms with Gasteiger partial charge in [-0.1, -0.05) is 0 Å². The zero-order valence-corrected chi connectivity index (χ0v) is 15.8. The summed E-state index contributed by atoms with van der Waals surface area (Å²) in [4.78, 5) is 15.3. The molecule has 148 valence electrons. The third kappa shape index (κ3) is 4.24. The molecule has 5 fully saturated rings. The maximum Gasteiger partial charge on any atom is 0.226 e. The number of carbonyl (C=O) groups excluding carboxylic acids is 1. The summed E-state index contributed by atoms with van der Waals surface area (Å²) in [7, 11) is 0. The highest BCUT2D eigenvalue weighted by molar-refractivity contribution is 5.80. The second-order valence-corrected chi connectivity index (χ2v) is 8.29. The van der Waals surface area contributed by atoms with Crippen LogP contribution in [0.25, 0.3) is 0 Å². The summed E-state index contributed by atoms with van der Waals surface area (Å²) < 4.78 is 22.3. The SMILES string of the molecule is O=C(C1C2CC3CC(C2)C1C3)N1CCOCCOCCOCCOCC1. The van der Waals surface area contributed by atoms with E-state index in [1.54, 1.807) is 0 Å². The zero-order valence-electron chi connectivity index (χ0n) is 15.8. The molecule has 4 aliphatic carbocycles. The molecule has 5 aliphatic rings. The molecule has 4 saturated carbocycles. The van der Waals surface area contributed by atoms with Crippen molar-refractivity contribution in [2.75, 3.05) is 65.9 Å². The van der Waals surface area contributed by atoms with Crippen molar-refractivity contribution in [1.29, 1.82) is 0 Å². The van der Waals surface area contributed by atoms with E-state index in [0.29, 0.717) is 83.7 Å².